The minimum Gasteiger partial charge on any atom is -0.360 e. The molecule has 0 radical (unpaired) electrons. The van der Waals surface area contributed by atoms with Gasteiger partial charge in [-0.2, -0.15) is 0 Å². The van der Waals surface area contributed by atoms with E-state index in [1.807, 2.05) is 55.5 Å². The molecule has 10 heteroatoms. The summed E-state index contributed by atoms with van der Waals surface area (Å²) >= 11 is 12.3. The maximum Gasteiger partial charge on any atom is 0.332 e. The van der Waals surface area contributed by atoms with E-state index in [0.29, 0.717) is 21.8 Å². The third kappa shape index (κ3) is 3.28. The quantitative estimate of drug-likeness (QED) is 0.375. The molecular formula is C30H25ClN4O4S. The lowest BCUT2D eigenvalue weighted by Gasteiger charge is -2.43. The Bertz CT molecular complexity index is 1620. The molecule has 2 atom stereocenters. The molecule has 0 aliphatic carbocycles. The van der Waals surface area contributed by atoms with Crippen LogP contribution in [0.4, 0.5) is 10.5 Å². The molecule has 5 amide bonds. The molecule has 2 fully saturated rings. The SMILES string of the molecule is Cc1ccc2c(c1)[C@@]1(NC(=S)C3(C(=O)N(C)C(=O)N(C)C3=O)[C@@H]1c1cccc(Cl)c1)C(=O)N2Cc1ccccc1. The van der Waals surface area contributed by atoms with Crippen molar-refractivity contribution < 1.29 is 19.2 Å². The van der Waals surface area contributed by atoms with Crippen molar-refractivity contribution in [2.45, 2.75) is 24.9 Å². The molecule has 0 bridgehead atoms. The van der Waals surface area contributed by atoms with Crippen LogP contribution in [0, 0.1) is 12.3 Å². The first-order chi connectivity index (χ1) is 19.0. The molecule has 2 spiro atoms. The van der Waals surface area contributed by atoms with Gasteiger partial charge in [0.1, 0.15) is 4.99 Å². The van der Waals surface area contributed by atoms with E-state index in [0.717, 1.165) is 20.9 Å². The van der Waals surface area contributed by atoms with Crippen LogP contribution in [0.25, 0.3) is 0 Å². The first kappa shape index (κ1) is 26.2. The van der Waals surface area contributed by atoms with Crippen molar-refractivity contribution in [1.82, 2.24) is 15.1 Å². The molecule has 3 aromatic carbocycles. The van der Waals surface area contributed by atoms with Gasteiger partial charge in [0, 0.05) is 24.7 Å². The van der Waals surface area contributed by atoms with Gasteiger partial charge in [-0.1, -0.05) is 84.0 Å². The number of aryl methyl sites for hydroxylation is 1. The molecule has 0 aromatic heterocycles. The lowest BCUT2D eigenvalue weighted by Crippen LogP contribution is -2.66. The average molecular weight is 573 g/mol. The Morgan fingerprint density at radius 1 is 0.875 bits per heavy atom. The standard InChI is InChI=1S/C30H25ClN4O4S/c1-17-12-13-22-21(14-17)30(27(38)35(22)16-18-8-5-4-6-9-18)23(19-10-7-11-20(31)15-19)29(24(40)32-30)25(36)33(2)28(39)34(3)26(29)37/h4-15,23H,16H2,1-3H3,(H,32,40)/t23-,30-/m0/s1. The molecule has 6 rings (SSSR count). The van der Waals surface area contributed by atoms with Crippen LogP contribution in [0.15, 0.2) is 72.8 Å². The lowest BCUT2D eigenvalue weighted by molar-refractivity contribution is -0.153. The number of rotatable bonds is 3. The van der Waals surface area contributed by atoms with Crippen molar-refractivity contribution in [1.29, 1.82) is 0 Å². The number of benzene rings is 3. The minimum absolute atomic E-state index is 0.110. The van der Waals surface area contributed by atoms with Crippen LogP contribution in [0.5, 0.6) is 0 Å². The second-order valence-electron chi connectivity index (χ2n) is 10.5. The summed E-state index contributed by atoms with van der Waals surface area (Å²) in [6, 6.07) is 21.2. The van der Waals surface area contributed by atoms with E-state index in [4.69, 9.17) is 23.8 Å². The average Bonchev–Trinajstić information content (AvgIpc) is 3.34. The fourth-order valence-corrected chi connectivity index (χ4v) is 7.07. The highest BCUT2D eigenvalue weighted by atomic mass is 35.5. The number of carbonyl (C=O) groups is 4. The first-order valence-electron chi connectivity index (χ1n) is 12.7. The number of carbonyl (C=O) groups excluding carboxylic acids is 4. The van der Waals surface area contributed by atoms with E-state index >= 15 is 0 Å². The van der Waals surface area contributed by atoms with Gasteiger partial charge in [0.25, 0.3) is 17.7 Å². The number of barbiturate groups is 1. The third-order valence-electron chi connectivity index (χ3n) is 8.21. The summed E-state index contributed by atoms with van der Waals surface area (Å²) in [4.78, 5) is 59.3. The van der Waals surface area contributed by atoms with Gasteiger partial charge in [-0.15, -0.1) is 0 Å². The lowest BCUT2D eigenvalue weighted by atomic mass is 9.62. The van der Waals surface area contributed by atoms with Gasteiger partial charge in [0.15, 0.2) is 11.0 Å². The Morgan fingerprint density at radius 3 is 2.20 bits per heavy atom. The van der Waals surface area contributed by atoms with Crippen LogP contribution >= 0.6 is 23.8 Å². The van der Waals surface area contributed by atoms with E-state index < -0.39 is 34.7 Å². The topological polar surface area (TPSA) is 90.0 Å². The fourth-order valence-electron chi connectivity index (χ4n) is 6.41. The van der Waals surface area contributed by atoms with Crippen molar-refractivity contribution in [2.75, 3.05) is 19.0 Å². The number of urea groups is 1. The molecule has 8 nitrogen and oxygen atoms in total. The number of amides is 5. The number of nitrogens with zero attached hydrogens (tertiary/aromatic N) is 3. The number of imide groups is 2. The molecule has 3 aromatic rings. The van der Waals surface area contributed by atoms with Crippen molar-refractivity contribution in [3.05, 3.63) is 100 Å². The first-order valence-corrected chi connectivity index (χ1v) is 13.5. The van der Waals surface area contributed by atoms with E-state index in [9.17, 15) is 19.2 Å². The summed E-state index contributed by atoms with van der Waals surface area (Å²) in [5.41, 5.74) is -0.171. The highest BCUT2D eigenvalue weighted by Crippen LogP contribution is 2.61. The predicted molar refractivity (Wildman–Crippen MR) is 154 cm³/mol. The number of anilines is 1. The Morgan fingerprint density at radius 2 is 1.55 bits per heavy atom. The number of thiocarbonyl (C=S) groups is 1. The zero-order valence-corrected chi connectivity index (χ0v) is 23.5. The Labute approximate surface area is 241 Å². The molecule has 40 heavy (non-hydrogen) atoms. The Balaban J connectivity index is 1.66. The van der Waals surface area contributed by atoms with Crippen LogP contribution in [-0.4, -0.2) is 52.6 Å². The summed E-state index contributed by atoms with van der Waals surface area (Å²) in [6.45, 7) is 2.17. The molecule has 2 saturated heterocycles. The van der Waals surface area contributed by atoms with E-state index in [1.54, 1.807) is 29.2 Å². The summed E-state index contributed by atoms with van der Waals surface area (Å²) in [5, 5.41) is 3.58. The van der Waals surface area contributed by atoms with Crippen molar-refractivity contribution in [3.8, 4) is 0 Å². The van der Waals surface area contributed by atoms with Crippen LogP contribution in [-0.2, 0) is 26.5 Å². The van der Waals surface area contributed by atoms with Gasteiger partial charge in [0.05, 0.1) is 18.2 Å². The van der Waals surface area contributed by atoms with Crippen LogP contribution in [0.3, 0.4) is 0 Å². The monoisotopic (exact) mass is 572 g/mol. The van der Waals surface area contributed by atoms with E-state index in [1.165, 1.54) is 14.1 Å². The number of hydrogen-bond acceptors (Lipinski definition) is 5. The highest BCUT2D eigenvalue weighted by molar-refractivity contribution is 7.80. The normalized spacial score (nSPS) is 23.4. The molecule has 3 aliphatic rings. The Kier molecular flexibility index (Phi) is 5.87. The maximum atomic E-state index is 14.8. The van der Waals surface area contributed by atoms with Crippen LogP contribution in [0.2, 0.25) is 5.02 Å². The summed E-state index contributed by atoms with van der Waals surface area (Å²) < 4.78 is 0. The molecule has 202 valence electrons. The van der Waals surface area contributed by atoms with Gasteiger partial charge in [-0.25, -0.2) is 4.79 Å². The summed E-state index contributed by atoms with van der Waals surface area (Å²) in [5.74, 6) is -3.08. The molecule has 3 heterocycles. The smallest absolute Gasteiger partial charge is 0.332 e. The van der Waals surface area contributed by atoms with E-state index in [-0.39, 0.29) is 17.4 Å². The van der Waals surface area contributed by atoms with E-state index in [2.05, 4.69) is 5.32 Å². The number of fused-ring (bicyclic) bond motifs is 2. The molecular weight excluding hydrogens is 548 g/mol. The zero-order chi connectivity index (χ0) is 28.6. The predicted octanol–water partition coefficient (Wildman–Crippen LogP) is 4.14. The van der Waals surface area contributed by atoms with Crippen LogP contribution in [0.1, 0.15) is 28.2 Å². The van der Waals surface area contributed by atoms with Gasteiger partial charge in [-0.05, 0) is 36.2 Å². The van der Waals surface area contributed by atoms with Crippen molar-refractivity contribution in [2.24, 2.45) is 5.41 Å². The number of nitrogens with one attached hydrogen (secondary N) is 1. The minimum atomic E-state index is -2.06. The van der Waals surface area contributed by atoms with Gasteiger partial charge in [0.2, 0.25) is 0 Å². The molecule has 3 aliphatic heterocycles. The van der Waals surface area contributed by atoms with Crippen molar-refractivity contribution in [3.63, 3.8) is 0 Å². The Hall–Kier alpha value is -4.08. The molecule has 0 saturated carbocycles. The maximum absolute atomic E-state index is 14.8. The largest absolute Gasteiger partial charge is 0.360 e. The van der Waals surface area contributed by atoms with Gasteiger partial charge < -0.3 is 10.2 Å². The van der Waals surface area contributed by atoms with Gasteiger partial charge in [-0.3, -0.25) is 24.2 Å². The van der Waals surface area contributed by atoms with Crippen LogP contribution < -0.4 is 10.2 Å². The fraction of sp³-hybridized carbons (Fsp3) is 0.233. The molecule has 0 unspecified atom stereocenters. The summed E-state index contributed by atoms with van der Waals surface area (Å²) in [7, 11) is 2.63. The van der Waals surface area contributed by atoms with Crippen molar-refractivity contribution >= 4 is 58.2 Å². The van der Waals surface area contributed by atoms with Gasteiger partial charge >= 0.3 is 6.03 Å². The highest BCUT2D eigenvalue weighted by Gasteiger charge is 2.76. The zero-order valence-electron chi connectivity index (χ0n) is 22.0. The number of hydrogen-bond donors (Lipinski definition) is 1. The second kappa shape index (κ2) is 8.97. The second-order valence-corrected chi connectivity index (χ2v) is 11.3. The molecule has 1 N–H and O–H groups in total. The number of halogens is 1. The third-order valence-corrected chi connectivity index (χ3v) is 8.87. The summed E-state index contributed by atoms with van der Waals surface area (Å²) in [6.07, 6.45) is 0.